The molecule has 0 radical (unpaired) electrons. The number of alkyl halides is 1. The molecule has 1 heterocycles. The highest BCUT2D eigenvalue weighted by Gasteiger charge is 2.47. The van der Waals surface area contributed by atoms with Crippen LogP contribution < -0.4 is 0 Å². The predicted molar refractivity (Wildman–Crippen MR) is 58.6 cm³/mol. The molecule has 5 heteroatoms. The van der Waals surface area contributed by atoms with Gasteiger partial charge in [-0.15, -0.1) is 0 Å². The van der Waals surface area contributed by atoms with Gasteiger partial charge in [0, 0.05) is 10.7 Å². The lowest BCUT2D eigenvalue weighted by molar-refractivity contribution is -0.155. The van der Waals surface area contributed by atoms with Crippen molar-refractivity contribution in [2.45, 2.75) is 23.8 Å². The van der Waals surface area contributed by atoms with Crippen molar-refractivity contribution in [3.05, 3.63) is 10.6 Å². The Labute approximate surface area is 101 Å². The second kappa shape index (κ2) is 4.03. The summed E-state index contributed by atoms with van der Waals surface area (Å²) in [4.78, 5) is 11.5. The number of esters is 1. The van der Waals surface area contributed by atoms with Gasteiger partial charge in [-0.1, -0.05) is 39.1 Å². The zero-order valence-corrected chi connectivity index (χ0v) is 10.3. The predicted octanol–water partition coefficient (Wildman–Crippen LogP) is 3.02. The van der Waals surface area contributed by atoms with Gasteiger partial charge in [0.05, 0.1) is 6.42 Å². The Morgan fingerprint density at radius 1 is 1.57 bits per heavy atom. The topological polar surface area (TPSA) is 26.3 Å². The fourth-order valence-corrected chi connectivity index (χ4v) is 3.45. The fraction of sp³-hybridized carbons (Fsp3) is 0.667. The molecule has 4 atom stereocenters. The number of halogens is 3. The van der Waals surface area contributed by atoms with Crippen molar-refractivity contribution in [1.82, 2.24) is 0 Å². The largest absolute Gasteiger partial charge is 0.462 e. The van der Waals surface area contributed by atoms with Crippen LogP contribution in [0.3, 0.4) is 0 Å². The van der Waals surface area contributed by atoms with Crippen LogP contribution in [0.5, 0.6) is 0 Å². The van der Waals surface area contributed by atoms with Gasteiger partial charge < -0.3 is 4.74 Å². The molecule has 1 aliphatic heterocycles. The molecular formula is C9H9BrCl2O2. The van der Waals surface area contributed by atoms with Gasteiger partial charge in [-0.3, -0.25) is 4.79 Å². The van der Waals surface area contributed by atoms with Gasteiger partial charge in [-0.2, -0.15) is 0 Å². The number of fused-ring (bicyclic) bond motifs is 2. The maximum atomic E-state index is 11.2. The van der Waals surface area contributed by atoms with E-state index in [-0.39, 0.29) is 28.4 Å². The molecule has 0 aromatic carbocycles. The van der Waals surface area contributed by atoms with Crippen LogP contribution >= 0.6 is 39.1 Å². The van der Waals surface area contributed by atoms with Gasteiger partial charge in [-0.25, -0.2) is 0 Å². The smallest absolute Gasteiger partial charge is 0.306 e. The van der Waals surface area contributed by atoms with E-state index in [0.29, 0.717) is 11.2 Å². The Morgan fingerprint density at radius 3 is 2.86 bits per heavy atom. The number of carbonyl (C=O) groups is 1. The Hall–Kier alpha value is 0.270. The molecule has 0 N–H and O–H groups in total. The van der Waals surface area contributed by atoms with E-state index in [1.807, 2.05) is 0 Å². The number of carbonyl (C=O) groups excluding carboxylic acids is 1. The van der Waals surface area contributed by atoms with E-state index in [1.165, 1.54) is 0 Å². The lowest BCUT2D eigenvalue weighted by atomic mass is 9.90. The number of rotatable bonds is 1. The summed E-state index contributed by atoms with van der Waals surface area (Å²) < 4.78 is 5.48. The minimum atomic E-state index is -0.114. The molecule has 2 nitrogen and oxygen atoms in total. The summed E-state index contributed by atoms with van der Waals surface area (Å²) in [5, 5.41) is 0. The van der Waals surface area contributed by atoms with Crippen molar-refractivity contribution in [2.24, 2.45) is 11.8 Å². The molecule has 78 valence electrons. The van der Waals surface area contributed by atoms with E-state index in [4.69, 9.17) is 27.9 Å². The van der Waals surface area contributed by atoms with Gasteiger partial charge in [0.15, 0.2) is 0 Å². The highest BCUT2D eigenvalue weighted by molar-refractivity contribution is 9.09. The van der Waals surface area contributed by atoms with Gasteiger partial charge in [0.1, 0.15) is 10.6 Å². The quantitative estimate of drug-likeness (QED) is 0.549. The van der Waals surface area contributed by atoms with Gasteiger partial charge in [0.25, 0.3) is 0 Å². The summed E-state index contributed by atoms with van der Waals surface area (Å²) >= 11 is 14.8. The Balaban J connectivity index is 2.21. The minimum absolute atomic E-state index is 0.0573. The average Bonchev–Trinajstić information content (AvgIpc) is 2.28. The fourth-order valence-electron chi connectivity index (χ4n) is 2.25. The van der Waals surface area contributed by atoms with Crippen molar-refractivity contribution < 1.29 is 9.53 Å². The molecule has 14 heavy (non-hydrogen) atoms. The molecule has 1 saturated carbocycles. The van der Waals surface area contributed by atoms with Gasteiger partial charge >= 0.3 is 5.97 Å². The van der Waals surface area contributed by atoms with Gasteiger partial charge in [-0.05, 0) is 18.4 Å². The SMILES string of the molecule is O=C1C[C@H]2[C@H](C=C(Cl)Cl)[C@H](C[C@@H]2Br)O1. The monoisotopic (exact) mass is 298 g/mol. The van der Waals surface area contributed by atoms with Crippen molar-refractivity contribution >= 4 is 45.1 Å². The van der Waals surface area contributed by atoms with E-state index in [0.717, 1.165) is 6.42 Å². The first-order valence-corrected chi connectivity index (χ1v) is 6.11. The lowest BCUT2D eigenvalue weighted by Gasteiger charge is -2.27. The van der Waals surface area contributed by atoms with Crippen LogP contribution in [-0.4, -0.2) is 16.9 Å². The summed E-state index contributed by atoms with van der Waals surface area (Å²) in [6, 6.07) is 0. The minimum Gasteiger partial charge on any atom is -0.462 e. The Morgan fingerprint density at radius 2 is 2.29 bits per heavy atom. The first-order valence-electron chi connectivity index (χ1n) is 4.44. The van der Waals surface area contributed by atoms with Crippen LogP contribution in [0.25, 0.3) is 0 Å². The molecule has 2 bridgehead atoms. The van der Waals surface area contributed by atoms with Crippen LogP contribution in [-0.2, 0) is 9.53 Å². The average molecular weight is 300 g/mol. The highest BCUT2D eigenvalue weighted by Crippen LogP contribution is 2.45. The molecule has 2 aliphatic rings. The standard InChI is InChI=1S/C9H9BrCl2O2/c10-6-3-7-5(1-8(11)12)4(6)2-9(13)14-7/h1,4-7H,2-3H2/t4-,5-,6-,7-/m0/s1. The van der Waals surface area contributed by atoms with E-state index >= 15 is 0 Å². The van der Waals surface area contributed by atoms with Crippen LogP contribution in [0.2, 0.25) is 0 Å². The second-order valence-electron chi connectivity index (χ2n) is 3.68. The molecule has 0 unspecified atom stereocenters. The molecule has 1 saturated heterocycles. The molecule has 2 fully saturated rings. The van der Waals surface area contributed by atoms with Crippen molar-refractivity contribution in [1.29, 1.82) is 0 Å². The summed E-state index contributed by atoms with van der Waals surface area (Å²) in [5.41, 5.74) is 0. The van der Waals surface area contributed by atoms with Crippen LogP contribution in [0.1, 0.15) is 12.8 Å². The summed E-state index contributed by atoms with van der Waals surface area (Å²) in [7, 11) is 0. The van der Waals surface area contributed by atoms with Crippen molar-refractivity contribution in [2.75, 3.05) is 0 Å². The Kier molecular flexibility index (Phi) is 3.10. The lowest BCUT2D eigenvalue weighted by Crippen LogP contribution is -2.31. The molecule has 1 aliphatic carbocycles. The Bertz CT molecular complexity index is 289. The molecule has 0 amide bonds. The first-order chi connectivity index (χ1) is 6.58. The third kappa shape index (κ3) is 1.95. The zero-order valence-electron chi connectivity index (χ0n) is 7.25. The van der Waals surface area contributed by atoms with E-state index in [9.17, 15) is 4.79 Å². The maximum absolute atomic E-state index is 11.2. The zero-order chi connectivity index (χ0) is 10.3. The van der Waals surface area contributed by atoms with E-state index < -0.39 is 0 Å². The maximum Gasteiger partial charge on any atom is 0.306 e. The summed E-state index contributed by atoms with van der Waals surface area (Å²) in [6.45, 7) is 0. The first kappa shape index (κ1) is 10.8. The normalized spacial score (nSPS) is 40.6. The summed E-state index contributed by atoms with van der Waals surface area (Å²) in [5.74, 6) is 0.327. The van der Waals surface area contributed by atoms with Gasteiger partial charge in [0.2, 0.25) is 0 Å². The molecule has 0 spiro atoms. The number of hydrogen-bond acceptors (Lipinski definition) is 2. The highest BCUT2D eigenvalue weighted by atomic mass is 79.9. The molecule has 2 rings (SSSR count). The third-order valence-electron chi connectivity index (χ3n) is 2.85. The van der Waals surface area contributed by atoms with Crippen molar-refractivity contribution in [3.63, 3.8) is 0 Å². The van der Waals surface area contributed by atoms with E-state index in [1.54, 1.807) is 6.08 Å². The molecular weight excluding hydrogens is 291 g/mol. The van der Waals surface area contributed by atoms with Crippen molar-refractivity contribution in [3.8, 4) is 0 Å². The number of ether oxygens (including phenoxy) is 1. The second-order valence-corrected chi connectivity index (χ2v) is 5.87. The van der Waals surface area contributed by atoms with Crippen LogP contribution in [0.15, 0.2) is 10.6 Å². The van der Waals surface area contributed by atoms with Crippen LogP contribution in [0, 0.1) is 11.8 Å². The third-order valence-corrected chi connectivity index (χ3v) is 4.15. The number of hydrogen-bond donors (Lipinski definition) is 0. The summed E-state index contributed by atoms with van der Waals surface area (Å²) in [6.07, 6.45) is 3.03. The molecule has 0 aromatic heterocycles. The molecule has 0 aromatic rings. The van der Waals surface area contributed by atoms with E-state index in [2.05, 4.69) is 15.9 Å². The van der Waals surface area contributed by atoms with Crippen LogP contribution in [0.4, 0.5) is 0 Å².